The van der Waals surface area contributed by atoms with Gasteiger partial charge in [0.1, 0.15) is 17.7 Å². The number of nitrogens with one attached hydrogen (secondary N) is 1. The first kappa shape index (κ1) is 11.3. The minimum Gasteiger partial charge on any atom is -0.488 e. The van der Waals surface area contributed by atoms with Gasteiger partial charge in [0.05, 0.1) is 10.7 Å². The largest absolute Gasteiger partial charge is 0.488 e. The van der Waals surface area contributed by atoms with E-state index in [1.165, 1.54) is 4.68 Å². The Labute approximate surface area is 108 Å². The van der Waals surface area contributed by atoms with E-state index in [0.717, 1.165) is 17.7 Å². The summed E-state index contributed by atoms with van der Waals surface area (Å²) in [6, 6.07) is 3.52. The van der Waals surface area contributed by atoms with Gasteiger partial charge in [0.15, 0.2) is 0 Å². The van der Waals surface area contributed by atoms with E-state index in [4.69, 9.17) is 16.3 Å². The van der Waals surface area contributed by atoms with Gasteiger partial charge in [-0.25, -0.2) is 4.79 Å². The zero-order chi connectivity index (χ0) is 12.9. The molecule has 1 aliphatic rings. The van der Waals surface area contributed by atoms with Crippen LogP contribution in [0.4, 0.5) is 0 Å². The van der Waals surface area contributed by atoms with Crippen molar-refractivity contribution in [1.29, 1.82) is 0 Å². The van der Waals surface area contributed by atoms with E-state index in [1.54, 1.807) is 19.1 Å². The van der Waals surface area contributed by atoms with Crippen molar-refractivity contribution in [1.82, 2.24) is 14.8 Å². The van der Waals surface area contributed by atoms with Gasteiger partial charge in [-0.3, -0.25) is 4.98 Å². The quantitative estimate of drug-likeness (QED) is 0.856. The van der Waals surface area contributed by atoms with E-state index < -0.39 is 0 Å². The number of halogens is 1. The van der Waals surface area contributed by atoms with E-state index in [9.17, 15) is 4.79 Å². The Kier molecular flexibility index (Phi) is 2.45. The number of fused-ring (bicyclic) bond motifs is 1. The van der Waals surface area contributed by atoms with Crippen molar-refractivity contribution in [3.8, 4) is 11.4 Å². The molecule has 1 N–H and O–H groups in total. The summed E-state index contributed by atoms with van der Waals surface area (Å²) in [6.45, 7) is 3.71. The highest BCUT2D eigenvalue weighted by Gasteiger charge is 2.26. The molecule has 3 rings (SSSR count). The molecule has 5 nitrogen and oxygen atoms in total. The summed E-state index contributed by atoms with van der Waals surface area (Å²) in [5.74, 6) is 1.24. The molecule has 0 aliphatic carbocycles. The molecule has 1 unspecified atom stereocenters. The summed E-state index contributed by atoms with van der Waals surface area (Å²) in [6.07, 6.45) is 0.790. The Bertz CT molecular complexity index is 674. The van der Waals surface area contributed by atoms with Gasteiger partial charge in [-0.1, -0.05) is 11.6 Å². The van der Waals surface area contributed by atoms with Crippen LogP contribution < -0.4 is 10.4 Å². The maximum absolute atomic E-state index is 11.8. The van der Waals surface area contributed by atoms with Crippen molar-refractivity contribution >= 4 is 11.6 Å². The van der Waals surface area contributed by atoms with Crippen LogP contribution in [0.2, 0.25) is 5.02 Å². The summed E-state index contributed by atoms with van der Waals surface area (Å²) >= 11 is 6.10. The van der Waals surface area contributed by atoms with Gasteiger partial charge in [0.2, 0.25) is 0 Å². The number of aromatic nitrogens is 3. The number of hydrogen-bond acceptors (Lipinski definition) is 3. The number of aromatic amines is 1. The minimum absolute atomic E-state index is 0.0643. The molecule has 0 amide bonds. The Morgan fingerprint density at radius 3 is 3.00 bits per heavy atom. The molecule has 2 aromatic rings. The van der Waals surface area contributed by atoms with Crippen molar-refractivity contribution in [3.63, 3.8) is 0 Å². The molecular weight excluding hydrogens is 254 g/mol. The minimum atomic E-state index is -0.253. The highest BCUT2D eigenvalue weighted by Crippen LogP contribution is 2.38. The zero-order valence-corrected chi connectivity index (χ0v) is 10.8. The van der Waals surface area contributed by atoms with E-state index >= 15 is 0 Å². The maximum Gasteiger partial charge on any atom is 0.348 e. The summed E-state index contributed by atoms with van der Waals surface area (Å²) in [4.78, 5) is 14.4. The molecule has 94 valence electrons. The van der Waals surface area contributed by atoms with Gasteiger partial charge in [0.25, 0.3) is 0 Å². The van der Waals surface area contributed by atoms with Gasteiger partial charge >= 0.3 is 5.69 Å². The van der Waals surface area contributed by atoms with Crippen LogP contribution in [0.15, 0.2) is 16.9 Å². The van der Waals surface area contributed by atoms with Crippen LogP contribution in [0.1, 0.15) is 18.3 Å². The van der Waals surface area contributed by atoms with Crippen LogP contribution in [0.25, 0.3) is 5.69 Å². The van der Waals surface area contributed by atoms with Crippen LogP contribution in [-0.2, 0) is 6.42 Å². The van der Waals surface area contributed by atoms with Crippen LogP contribution in [0.3, 0.4) is 0 Å². The number of ether oxygens (including phenoxy) is 1. The van der Waals surface area contributed by atoms with E-state index in [0.29, 0.717) is 16.6 Å². The van der Waals surface area contributed by atoms with Crippen molar-refractivity contribution in [3.05, 3.63) is 39.0 Å². The lowest BCUT2D eigenvalue weighted by molar-refractivity contribution is 0.255. The highest BCUT2D eigenvalue weighted by atomic mass is 35.5. The fraction of sp³-hybridized carbons (Fsp3) is 0.333. The third-order valence-electron chi connectivity index (χ3n) is 2.96. The van der Waals surface area contributed by atoms with Crippen LogP contribution >= 0.6 is 11.6 Å². The first-order valence-corrected chi connectivity index (χ1v) is 6.08. The van der Waals surface area contributed by atoms with Gasteiger partial charge in [0, 0.05) is 12.0 Å². The normalized spacial score (nSPS) is 17.6. The fourth-order valence-corrected chi connectivity index (χ4v) is 2.46. The average Bonchev–Trinajstić information content (AvgIpc) is 2.83. The second-order valence-corrected chi connectivity index (χ2v) is 4.84. The van der Waals surface area contributed by atoms with E-state index in [2.05, 4.69) is 10.1 Å². The lowest BCUT2D eigenvalue weighted by Crippen LogP contribution is -2.17. The fourth-order valence-electron chi connectivity index (χ4n) is 2.23. The van der Waals surface area contributed by atoms with Crippen LogP contribution in [0.5, 0.6) is 5.75 Å². The lowest BCUT2D eigenvalue weighted by atomic mass is 10.1. The number of H-pyrrole nitrogens is 1. The summed E-state index contributed by atoms with van der Waals surface area (Å²) < 4.78 is 7.01. The second-order valence-electron chi connectivity index (χ2n) is 4.43. The van der Waals surface area contributed by atoms with E-state index in [-0.39, 0.29) is 11.8 Å². The smallest absolute Gasteiger partial charge is 0.348 e. The molecule has 6 heteroatoms. The third-order valence-corrected chi connectivity index (χ3v) is 3.25. The number of aryl methyl sites for hydroxylation is 1. The molecule has 0 radical (unpaired) electrons. The molecule has 0 fully saturated rings. The summed E-state index contributed by atoms with van der Waals surface area (Å²) in [5, 5.41) is 4.73. The van der Waals surface area contributed by atoms with Crippen molar-refractivity contribution in [2.45, 2.75) is 26.4 Å². The number of nitrogens with zero attached hydrogens (tertiary/aromatic N) is 2. The molecule has 1 aromatic heterocycles. The predicted molar refractivity (Wildman–Crippen MR) is 67.7 cm³/mol. The Hall–Kier alpha value is -1.75. The van der Waals surface area contributed by atoms with Crippen molar-refractivity contribution in [2.75, 3.05) is 0 Å². The SMILES string of the molecule is Cc1nn(-c2ccc(Cl)c3c2CC(C)O3)c(=O)[nH]1. The van der Waals surface area contributed by atoms with Crippen molar-refractivity contribution in [2.24, 2.45) is 0 Å². The van der Waals surface area contributed by atoms with Gasteiger partial charge in [-0.05, 0) is 26.0 Å². The molecule has 2 heterocycles. The first-order chi connectivity index (χ1) is 8.56. The molecule has 0 saturated carbocycles. The Morgan fingerprint density at radius 2 is 2.33 bits per heavy atom. The number of benzene rings is 1. The Balaban J connectivity index is 2.24. The first-order valence-electron chi connectivity index (χ1n) is 5.70. The maximum atomic E-state index is 11.8. The Morgan fingerprint density at radius 1 is 1.56 bits per heavy atom. The highest BCUT2D eigenvalue weighted by molar-refractivity contribution is 6.32. The molecule has 0 spiro atoms. The number of rotatable bonds is 1. The van der Waals surface area contributed by atoms with Gasteiger partial charge < -0.3 is 4.74 Å². The molecule has 1 aliphatic heterocycles. The lowest BCUT2D eigenvalue weighted by Gasteiger charge is -2.07. The predicted octanol–water partition coefficient (Wildman–Crippen LogP) is 1.85. The second kappa shape index (κ2) is 3.88. The molecule has 0 bridgehead atoms. The summed E-state index contributed by atoms with van der Waals surface area (Å²) in [5.41, 5.74) is 1.41. The van der Waals surface area contributed by atoms with Crippen LogP contribution in [-0.4, -0.2) is 20.9 Å². The molecule has 1 aromatic carbocycles. The molecule has 18 heavy (non-hydrogen) atoms. The van der Waals surface area contributed by atoms with Gasteiger partial charge in [-0.2, -0.15) is 9.78 Å². The van der Waals surface area contributed by atoms with Crippen molar-refractivity contribution < 1.29 is 4.74 Å². The molecular formula is C12H12ClN3O2. The standard InChI is InChI=1S/C12H12ClN3O2/c1-6-5-8-10(4-3-9(13)11(8)18-6)16-12(17)14-7(2)15-16/h3-4,6H,5H2,1-2H3,(H,14,15,17). The zero-order valence-electron chi connectivity index (χ0n) is 10.0. The van der Waals surface area contributed by atoms with E-state index in [1.807, 2.05) is 6.92 Å². The molecule has 0 saturated heterocycles. The van der Waals surface area contributed by atoms with Gasteiger partial charge in [-0.15, -0.1) is 0 Å². The monoisotopic (exact) mass is 265 g/mol. The average molecular weight is 266 g/mol. The number of hydrogen-bond donors (Lipinski definition) is 1. The third kappa shape index (κ3) is 1.62. The topological polar surface area (TPSA) is 59.9 Å². The van der Waals surface area contributed by atoms with Crippen LogP contribution in [0, 0.1) is 6.92 Å². The summed E-state index contributed by atoms with van der Waals surface area (Å²) in [7, 11) is 0. The molecule has 1 atom stereocenters.